The number of amides is 1. The van der Waals surface area contributed by atoms with Gasteiger partial charge in [-0.05, 0) is 49.9 Å². The lowest BCUT2D eigenvalue weighted by Crippen LogP contribution is -2.67. The van der Waals surface area contributed by atoms with E-state index in [0.717, 1.165) is 36.9 Å². The first kappa shape index (κ1) is 16.3. The zero-order chi connectivity index (χ0) is 16.7. The maximum atomic E-state index is 12.9. The van der Waals surface area contributed by atoms with Gasteiger partial charge in [0.1, 0.15) is 0 Å². The quantitative estimate of drug-likeness (QED) is 0.652. The van der Waals surface area contributed by atoms with E-state index < -0.39 is 16.8 Å². The molecule has 1 N–H and O–H groups in total. The van der Waals surface area contributed by atoms with Crippen molar-refractivity contribution < 1.29 is 14.3 Å². The molecule has 1 aromatic carbocycles. The van der Waals surface area contributed by atoms with Crippen LogP contribution in [0.4, 0.5) is 5.69 Å². The second kappa shape index (κ2) is 5.82. The van der Waals surface area contributed by atoms with Crippen LogP contribution in [0.25, 0.3) is 0 Å². The molecule has 1 saturated carbocycles. The summed E-state index contributed by atoms with van der Waals surface area (Å²) in [6.07, 6.45) is 4.11. The van der Waals surface area contributed by atoms with Crippen molar-refractivity contribution in [1.29, 1.82) is 0 Å². The molecule has 2 unspecified atom stereocenters. The second-order valence-electron chi connectivity index (χ2n) is 6.46. The van der Waals surface area contributed by atoms with E-state index in [-0.39, 0.29) is 12.5 Å². The van der Waals surface area contributed by atoms with Crippen molar-refractivity contribution in [2.45, 2.75) is 51.4 Å². The summed E-state index contributed by atoms with van der Waals surface area (Å²) in [4.78, 5) is 25.6. The number of carbonyl (C=O) groups is 2. The highest BCUT2D eigenvalue weighted by Gasteiger charge is 2.71. The minimum atomic E-state index is -1.10. The van der Waals surface area contributed by atoms with Gasteiger partial charge in [-0.25, -0.2) is 0 Å². The first-order valence-electron chi connectivity index (χ1n) is 8.30. The molecule has 0 bridgehead atoms. The Morgan fingerprint density at radius 3 is 2.74 bits per heavy atom. The van der Waals surface area contributed by atoms with Crippen LogP contribution in [-0.4, -0.2) is 18.5 Å². The molecule has 1 aliphatic heterocycles. The molecule has 1 amide bonds. The average molecular weight is 336 g/mol. The molecule has 1 aliphatic carbocycles. The fourth-order valence-corrected chi connectivity index (χ4v) is 4.39. The fraction of sp³-hybridized carbons (Fsp3) is 0.556. The maximum Gasteiger partial charge on any atom is 0.322 e. The van der Waals surface area contributed by atoms with Crippen molar-refractivity contribution in [3.63, 3.8) is 0 Å². The third-order valence-corrected chi connectivity index (χ3v) is 5.69. The molecular weight excluding hydrogens is 314 g/mol. The van der Waals surface area contributed by atoms with Crippen LogP contribution < -0.4 is 5.32 Å². The van der Waals surface area contributed by atoms with Crippen molar-refractivity contribution in [3.05, 3.63) is 28.8 Å². The number of carbonyl (C=O) groups excluding carboxylic acids is 2. The van der Waals surface area contributed by atoms with Crippen LogP contribution in [-0.2, 0) is 19.7 Å². The summed E-state index contributed by atoms with van der Waals surface area (Å²) in [6.45, 7) is 4.16. The molecule has 0 spiro atoms. The SMILES string of the molecule is CCCCC12CCC1(C(=O)OCC)C(=O)Nc1ccc(Cl)cc12. The van der Waals surface area contributed by atoms with Crippen LogP contribution in [0.5, 0.6) is 0 Å². The van der Waals surface area contributed by atoms with Gasteiger partial charge in [-0.2, -0.15) is 0 Å². The van der Waals surface area contributed by atoms with Gasteiger partial charge in [0.25, 0.3) is 0 Å². The Hall–Kier alpha value is -1.55. The first-order chi connectivity index (χ1) is 11.0. The van der Waals surface area contributed by atoms with E-state index in [4.69, 9.17) is 16.3 Å². The van der Waals surface area contributed by atoms with E-state index in [2.05, 4.69) is 12.2 Å². The number of ether oxygens (including phenoxy) is 1. The first-order valence-corrected chi connectivity index (χ1v) is 8.68. The Labute approximate surface area is 141 Å². The number of hydrogen-bond donors (Lipinski definition) is 1. The Kier molecular flexibility index (Phi) is 4.13. The summed E-state index contributed by atoms with van der Waals surface area (Å²) in [5.41, 5.74) is 0.167. The maximum absolute atomic E-state index is 12.9. The second-order valence-corrected chi connectivity index (χ2v) is 6.89. The topological polar surface area (TPSA) is 55.4 Å². The molecule has 1 aromatic rings. The highest BCUT2D eigenvalue weighted by Crippen LogP contribution is 2.65. The lowest BCUT2D eigenvalue weighted by Gasteiger charge is -2.59. The highest BCUT2D eigenvalue weighted by atomic mass is 35.5. The van der Waals surface area contributed by atoms with E-state index in [0.29, 0.717) is 11.4 Å². The van der Waals surface area contributed by atoms with Crippen LogP contribution >= 0.6 is 11.6 Å². The molecule has 4 nitrogen and oxygen atoms in total. The number of benzene rings is 1. The minimum absolute atomic E-state index is 0.229. The lowest BCUT2D eigenvalue weighted by molar-refractivity contribution is -0.177. The molecule has 1 heterocycles. The summed E-state index contributed by atoms with van der Waals surface area (Å²) in [5.74, 6) is -0.626. The molecule has 0 radical (unpaired) electrons. The van der Waals surface area contributed by atoms with Crippen LogP contribution in [0, 0.1) is 5.41 Å². The number of fused-ring (bicyclic) bond motifs is 3. The van der Waals surface area contributed by atoms with E-state index >= 15 is 0 Å². The van der Waals surface area contributed by atoms with E-state index in [9.17, 15) is 9.59 Å². The number of rotatable bonds is 5. The van der Waals surface area contributed by atoms with E-state index in [1.807, 2.05) is 12.1 Å². The van der Waals surface area contributed by atoms with E-state index in [1.165, 1.54) is 0 Å². The molecule has 2 aliphatic rings. The summed E-state index contributed by atoms with van der Waals surface area (Å²) in [6, 6.07) is 5.50. The smallest absolute Gasteiger partial charge is 0.322 e. The van der Waals surface area contributed by atoms with E-state index in [1.54, 1.807) is 13.0 Å². The molecule has 5 heteroatoms. The predicted molar refractivity (Wildman–Crippen MR) is 89.6 cm³/mol. The number of anilines is 1. The van der Waals surface area contributed by atoms with Gasteiger partial charge < -0.3 is 10.1 Å². The van der Waals surface area contributed by atoms with Gasteiger partial charge in [0.05, 0.1) is 6.61 Å². The van der Waals surface area contributed by atoms with Crippen molar-refractivity contribution >= 4 is 29.2 Å². The number of nitrogens with one attached hydrogen (secondary N) is 1. The van der Waals surface area contributed by atoms with Gasteiger partial charge in [-0.3, -0.25) is 9.59 Å². The van der Waals surface area contributed by atoms with Gasteiger partial charge in [0.2, 0.25) is 5.91 Å². The molecule has 1 fully saturated rings. The van der Waals surface area contributed by atoms with Crippen LogP contribution in [0.2, 0.25) is 5.02 Å². The molecule has 124 valence electrons. The van der Waals surface area contributed by atoms with Gasteiger partial charge >= 0.3 is 5.97 Å². The molecule has 0 aromatic heterocycles. The Bertz CT molecular complexity index is 660. The van der Waals surface area contributed by atoms with Gasteiger partial charge in [-0.1, -0.05) is 31.4 Å². The van der Waals surface area contributed by atoms with Gasteiger partial charge in [0, 0.05) is 16.1 Å². The fourth-order valence-electron chi connectivity index (χ4n) is 4.22. The molecular formula is C18H22ClNO3. The standard InChI is InChI=1S/C18H22ClNO3/c1-3-5-8-17-9-10-18(17,16(22)23-4-2)15(21)20-14-7-6-12(19)11-13(14)17/h6-7,11H,3-5,8-10H2,1-2H3,(H,20,21). The number of hydrogen-bond acceptors (Lipinski definition) is 3. The third kappa shape index (κ3) is 2.11. The van der Waals surface area contributed by atoms with Gasteiger partial charge in [-0.15, -0.1) is 0 Å². The Morgan fingerprint density at radius 1 is 1.35 bits per heavy atom. The highest BCUT2D eigenvalue weighted by molar-refractivity contribution is 6.31. The molecule has 0 saturated heterocycles. The summed E-state index contributed by atoms with van der Waals surface area (Å²) in [5, 5.41) is 3.53. The summed E-state index contributed by atoms with van der Waals surface area (Å²) < 4.78 is 5.29. The van der Waals surface area contributed by atoms with Crippen molar-refractivity contribution in [2.24, 2.45) is 5.41 Å². The third-order valence-electron chi connectivity index (χ3n) is 5.46. The van der Waals surface area contributed by atoms with Crippen molar-refractivity contribution in [1.82, 2.24) is 0 Å². The molecule has 3 rings (SSSR count). The Balaban J connectivity index is 2.16. The minimum Gasteiger partial charge on any atom is -0.465 e. The largest absolute Gasteiger partial charge is 0.465 e. The van der Waals surface area contributed by atoms with Crippen LogP contribution in [0.15, 0.2) is 18.2 Å². The normalized spacial score (nSPS) is 28.2. The summed E-state index contributed by atoms with van der Waals surface area (Å²) >= 11 is 6.20. The number of halogens is 1. The Morgan fingerprint density at radius 2 is 2.13 bits per heavy atom. The number of unbranched alkanes of at least 4 members (excludes halogenated alkanes) is 1. The predicted octanol–water partition coefficient (Wildman–Crippen LogP) is 4.06. The lowest BCUT2D eigenvalue weighted by atomic mass is 9.43. The average Bonchev–Trinajstić information content (AvgIpc) is 2.49. The molecule has 23 heavy (non-hydrogen) atoms. The molecule has 2 atom stereocenters. The van der Waals surface area contributed by atoms with Crippen LogP contribution in [0.3, 0.4) is 0 Å². The zero-order valence-electron chi connectivity index (χ0n) is 13.6. The van der Waals surface area contributed by atoms with Crippen LogP contribution in [0.1, 0.15) is 51.5 Å². The van der Waals surface area contributed by atoms with Crippen molar-refractivity contribution in [3.8, 4) is 0 Å². The monoisotopic (exact) mass is 335 g/mol. The van der Waals surface area contributed by atoms with Crippen molar-refractivity contribution in [2.75, 3.05) is 11.9 Å². The number of esters is 1. The summed E-state index contributed by atoms with van der Waals surface area (Å²) in [7, 11) is 0. The zero-order valence-corrected chi connectivity index (χ0v) is 14.3. The van der Waals surface area contributed by atoms with Gasteiger partial charge in [0.15, 0.2) is 5.41 Å².